The van der Waals surface area contributed by atoms with Crippen LogP contribution in [0.3, 0.4) is 0 Å². The first-order valence-electron chi connectivity index (χ1n) is 4.86. The molecule has 15 heavy (non-hydrogen) atoms. The Morgan fingerprint density at radius 3 is 2.07 bits per heavy atom. The number of aliphatic carboxylic acids is 2. The number of hydrogen-bond donors (Lipinski definition) is 3. The van der Waals surface area contributed by atoms with Gasteiger partial charge in [0.1, 0.15) is 0 Å². The van der Waals surface area contributed by atoms with Crippen molar-refractivity contribution < 1.29 is 24.9 Å². The molecule has 1 aliphatic carbocycles. The van der Waals surface area contributed by atoms with E-state index in [1.54, 1.807) is 13.8 Å². The standard InChI is InChI=1S/C10H16O5/c1-9(2)6(7(12)13)3-4-10(9,5-11)8(14)15/h6,11H,3-5H2,1-2H3,(H,12,13)(H,14,15)/t6-,10+/m0/s1. The van der Waals surface area contributed by atoms with Crippen molar-refractivity contribution in [2.45, 2.75) is 26.7 Å². The van der Waals surface area contributed by atoms with E-state index in [0.717, 1.165) is 0 Å². The second-order valence-corrected chi connectivity index (χ2v) is 4.70. The van der Waals surface area contributed by atoms with Crippen molar-refractivity contribution in [3.63, 3.8) is 0 Å². The zero-order valence-corrected chi connectivity index (χ0v) is 8.86. The Morgan fingerprint density at radius 1 is 1.33 bits per heavy atom. The van der Waals surface area contributed by atoms with Crippen molar-refractivity contribution in [3.8, 4) is 0 Å². The summed E-state index contributed by atoms with van der Waals surface area (Å²) in [7, 11) is 0. The highest BCUT2D eigenvalue weighted by molar-refractivity contribution is 5.80. The fourth-order valence-electron chi connectivity index (χ4n) is 2.57. The van der Waals surface area contributed by atoms with Crippen LogP contribution in [0.4, 0.5) is 0 Å². The first-order chi connectivity index (χ1) is 6.79. The van der Waals surface area contributed by atoms with Crippen LogP contribution in [0.2, 0.25) is 0 Å². The number of carbonyl (C=O) groups is 2. The molecule has 0 amide bonds. The topological polar surface area (TPSA) is 94.8 Å². The van der Waals surface area contributed by atoms with Gasteiger partial charge in [0, 0.05) is 0 Å². The van der Waals surface area contributed by atoms with Crippen LogP contribution in [-0.2, 0) is 9.59 Å². The zero-order valence-electron chi connectivity index (χ0n) is 8.86. The molecule has 0 aliphatic heterocycles. The number of aliphatic hydroxyl groups is 1. The molecule has 0 radical (unpaired) electrons. The van der Waals surface area contributed by atoms with Crippen LogP contribution in [0, 0.1) is 16.7 Å². The van der Waals surface area contributed by atoms with Gasteiger partial charge in [0.2, 0.25) is 0 Å². The lowest BCUT2D eigenvalue weighted by Gasteiger charge is -2.38. The molecule has 0 aromatic rings. The molecule has 1 rings (SSSR count). The molecule has 5 heteroatoms. The second kappa shape index (κ2) is 3.48. The minimum absolute atomic E-state index is 0.211. The third-order valence-corrected chi connectivity index (χ3v) is 3.94. The quantitative estimate of drug-likeness (QED) is 0.641. The van der Waals surface area contributed by atoms with Gasteiger partial charge in [0.15, 0.2) is 0 Å². The smallest absolute Gasteiger partial charge is 0.312 e. The molecule has 1 saturated carbocycles. The average molecular weight is 216 g/mol. The van der Waals surface area contributed by atoms with Crippen LogP contribution in [0.1, 0.15) is 26.7 Å². The van der Waals surface area contributed by atoms with Crippen LogP contribution >= 0.6 is 0 Å². The van der Waals surface area contributed by atoms with Gasteiger partial charge in [0.05, 0.1) is 17.9 Å². The van der Waals surface area contributed by atoms with Crippen molar-refractivity contribution in [2.24, 2.45) is 16.7 Å². The predicted molar refractivity (Wildman–Crippen MR) is 51.3 cm³/mol. The zero-order chi connectivity index (χ0) is 11.9. The molecule has 0 saturated heterocycles. The van der Waals surface area contributed by atoms with Crippen LogP contribution in [0.25, 0.3) is 0 Å². The van der Waals surface area contributed by atoms with Crippen LogP contribution in [0.5, 0.6) is 0 Å². The first-order valence-corrected chi connectivity index (χ1v) is 4.86. The monoisotopic (exact) mass is 216 g/mol. The summed E-state index contributed by atoms with van der Waals surface area (Å²) in [6, 6.07) is 0. The largest absolute Gasteiger partial charge is 0.481 e. The van der Waals surface area contributed by atoms with E-state index in [4.69, 9.17) is 10.2 Å². The van der Waals surface area contributed by atoms with Gasteiger partial charge in [0.25, 0.3) is 0 Å². The van der Waals surface area contributed by atoms with E-state index < -0.39 is 35.3 Å². The third kappa shape index (κ3) is 1.42. The molecule has 0 aromatic carbocycles. The molecular weight excluding hydrogens is 200 g/mol. The molecule has 1 aliphatic rings. The van der Waals surface area contributed by atoms with E-state index >= 15 is 0 Å². The molecular formula is C10H16O5. The fourth-order valence-corrected chi connectivity index (χ4v) is 2.57. The van der Waals surface area contributed by atoms with Gasteiger partial charge in [-0.05, 0) is 18.3 Å². The van der Waals surface area contributed by atoms with E-state index in [1.807, 2.05) is 0 Å². The Bertz CT molecular complexity index is 296. The maximum absolute atomic E-state index is 11.2. The molecule has 2 atom stereocenters. The van der Waals surface area contributed by atoms with E-state index in [2.05, 4.69) is 0 Å². The first kappa shape index (κ1) is 12.0. The molecule has 0 bridgehead atoms. The van der Waals surface area contributed by atoms with Crippen molar-refractivity contribution in [1.29, 1.82) is 0 Å². The van der Waals surface area contributed by atoms with Crippen molar-refractivity contribution in [3.05, 3.63) is 0 Å². The summed E-state index contributed by atoms with van der Waals surface area (Å²) in [5, 5.41) is 27.4. The number of rotatable bonds is 3. The predicted octanol–water partition coefficient (Wildman–Crippen LogP) is 0.571. The fraction of sp³-hybridized carbons (Fsp3) is 0.800. The van der Waals surface area contributed by atoms with Gasteiger partial charge in [-0.15, -0.1) is 0 Å². The maximum atomic E-state index is 11.2. The number of hydrogen-bond acceptors (Lipinski definition) is 3. The number of carboxylic acids is 2. The SMILES string of the molecule is CC1(C)[C@H](C(=O)O)CC[C@@]1(CO)C(=O)O. The van der Waals surface area contributed by atoms with Crippen LogP contribution in [0.15, 0.2) is 0 Å². The lowest BCUT2D eigenvalue weighted by molar-refractivity contribution is -0.163. The van der Waals surface area contributed by atoms with Gasteiger partial charge in [-0.2, -0.15) is 0 Å². The molecule has 3 N–H and O–H groups in total. The Kier molecular flexibility index (Phi) is 2.78. The van der Waals surface area contributed by atoms with Crippen molar-refractivity contribution in [1.82, 2.24) is 0 Å². The normalized spacial score (nSPS) is 33.9. The van der Waals surface area contributed by atoms with Crippen molar-refractivity contribution >= 4 is 11.9 Å². The van der Waals surface area contributed by atoms with E-state index in [1.165, 1.54) is 0 Å². The minimum Gasteiger partial charge on any atom is -0.481 e. The lowest BCUT2D eigenvalue weighted by atomic mass is 9.65. The van der Waals surface area contributed by atoms with Crippen LogP contribution < -0.4 is 0 Å². The molecule has 0 spiro atoms. The Labute approximate surface area is 87.7 Å². The van der Waals surface area contributed by atoms with Gasteiger partial charge >= 0.3 is 11.9 Å². The highest BCUT2D eigenvalue weighted by atomic mass is 16.4. The number of aliphatic hydroxyl groups excluding tert-OH is 1. The molecule has 0 unspecified atom stereocenters. The summed E-state index contributed by atoms with van der Waals surface area (Å²) in [5.74, 6) is -2.81. The summed E-state index contributed by atoms with van der Waals surface area (Å²) in [4.78, 5) is 22.2. The summed E-state index contributed by atoms with van der Waals surface area (Å²) >= 11 is 0. The molecule has 5 nitrogen and oxygen atoms in total. The lowest BCUT2D eigenvalue weighted by Crippen LogP contribution is -2.47. The van der Waals surface area contributed by atoms with E-state index in [9.17, 15) is 14.7 Å². The molecule has 0 heterocycles. The molecule has 1 fully saturated rings. The minimum atomic E-state index is -1.32. The average Bonchev–Trinajstić information content (AvgIpc) is 2.37. The summed E-state index contributed by atoms with van der Waals surface area (Å²) in [6.45, 7) is 2.69. The maximum Gasteiger partial charge on any atom is 0.312 e. The van der Waals surface area contributed by atoms with Gasteiger partial charge < -0.3 is 15.3 Å². The van der Waals surface area contributed by atoms with Gasteiger partial charge in [-0.3, -0.25) is 9.59 Å². The van der Waals surface area contributed by atoms with Gasteiger partial charge in [-0.1, -0.05) is 13.8 Å². The Balaban J connectivity index is 3.15. The summed E-state index contributed by atoms with van der Waals surface area (Å²) in [6.07, 6.45) is 0.512. The van der Waals surface area contributed by atoms with E-state index in [-0.39, 0.29) is 6.42 Å². The van der Waals surface area contributed by atoms with Gasteiger partial charge in [-0.25, -0.2) is 0 Å². The van der Waals surface area contributed by atoms with Crippen molar-refractivity contribution in [2.75, 3.05) is 6.61 Å². The summed E-state index contributed by atoms with van der Waals surface area (Å²) < 4.78 is 0. The second-order valence-electron chi connectivity index (χ2n) is 4.70. The molecule has 86 valence electrons. The highest BCUT2D eigenvalue weighted by Gasteiger charge is 2.61. The molecule has 0 aromatic heterocycles. The number of carboxylic acid groups (broad SMARTS) is 2. The van der Waals surface area contributed by atoms with Crippen LogP contribution in [-0.4, -0.2) is 33.9 Å². The summed E-state index contributed by atoms with van der Waals surface area (Å²) in [5.41, 5.74) is -2.25. The third-order valence-electron chi connectivity index (χ3n) is 3.94. The Hall–Kier alpha value is -1.10. The van der Waals surface area contributed by atoms with E-state index in [0.29, 0.717) is 6.42 Å². The Morgan fingerprint density at radius 2 is 1.87 bits per heavy atom. The highest BCUT2D eigenvalue weighted by Crippen LogP contribution is 2.56.